The van der Waals surface area contributed by atoms with Gasteiger partial charge in [-0.3, -0.25) is 0 Å². The Hall–Kier alpha value is -1.59. The third-order valence-corrected chi connectivity index (χ3v) is 2.20. The first kappa shape index (κ1) is 13.5. The zero-order chi connectivity index (χ0) is 13.1. The van der Waals surface area contributed by atoms with Gasteiger partial charge in [0, 0.05) is 12.1 Å². The molecule has 1 unspecified atom stereocenters. The highest BCUT2D eigenvalue weighted by Gasteiger charge is 2.30. The van der Waals surface area contributed by atoms with Gasteiger partial charge in [0.1, 0.15) is 5.75 Å². The van der Waals surface area contributed by atoms with Crippen LogP contribution in [0.2, 0.25) is 0 Å². The third-order valence-electron chi connectivity index (χ3n) is 2.20. The standard InChI is InChI=1S/C11H15F3N2O/c1-7(6-11(12,13)14)16-10-4-3-8(17-2)5-9(10)15/h3-5,7,16H,6,15H2,1-2H3. The van der Waals surface area contributed by atoms with Crippen LogP contribution in [0.15, 0.2) is 18.2 Å². The van der Waals surface area contributed by atoms with Crippen LogP contribution in [0.3, 0.4) is 0 Å². The van der Waals surface area contributed by atoms with Gasteiger partial charge in [-0.15, -0.1) is 0 Å². The molecule has 0 saturated carbocycles. The molecule has 0 aliphatic rings. The van der Waals surface area contributed by atoms with Crippen LogP contribution in [0.25, 0.3) is 0 Å². The summed E-state index contributed by atoms with van der Waals surface area (Å²) in [5, 5.41) is 2.72. The van der Waals surface area contributed by atoms with E-state index in [1.54, 1.807) is 18.2 Å². The van der Waals surface area contributed by atoms with Crippen molar-refractivity contribution in [2.45, 2.75) is 25.6 Å². The minimum atomic E-state index is -4.19. The molecule has 1 rings (SSSR count). The molecule has 0 bridgehead atoms. The van der Waals surface area contributed by atoms with E-state index < -0.39 is 18.6 Å². The minimum absolute atomic E-state index is 0.360. The Kier molecular flexibility index (Phi) is 4.09. The summed E-state index contributed by atoms with van der Waals surface area (Å²) in [7, 11) is 1.49. The summed E-state index contributed by atoms with van der Waals surface area (Å²) in [5.74, 6) is 0.566. The molecule has 17 heavy (non-hydrogen) atoms. The molecule has 1 atom stereocenters. The molecule has 3 nitrogen and oxygen atoms in total. The molecular weight excluding hydrogens is 233 g/mol. The Balaban J connectivity index is 2.68. The van der Waals surface area contributed by atoms with Gasteiger partial charge in [-0.2, -0.15) is 13.2 Å². The first-order valence-corrected chi connectivity index (χ1v) is 5.08. The lowest BCUT2D eigenvalue weighted by molar-refractivity contribution is -0.136. The second-order valence-electron chi connectivity index (χ2n) is 3.82. The van der Waals surface area contributed by atoms with E-state index in [0.717, 1.165) is 0 Å². The van der Waals surface area contributed by atoms with Crippen LogP contribution in [0, 0.1) is 0 Å². The first-order chi connectivity index (χ1) is 7.81. The fraction of sp³-hybridized carbons (Fsp3) is 0.455. The van der Waals surface area contributed by atoms with Crippen molar-refractivity contribution in [2.75, 3.05) is 18.2 Å². The second kappa shape index (κ2) is 5.16. The van der Waals surface area contributed by atoms with Crippen molar-refractivity contribution < 1.29 is 17.9 Å². The van der Waals surface area contributed by atoms with Crippen LogP contribution in [0.4, 0.5) is 24.5 Å². The Morgan fingerprint density at radius 3 is 2.53 bits per heavy atom. The van der Waals surface area contributed by atoms with E-state index in [-0.39, 0.29) is 0 Å². The smallest absolute Gasteiger partial charge is 0.391 e. The number of rotatable bonds is 4. The van der Waals surface area contributed by atoms with Crippen LogP contribution < -0.4 is 15.8 Å². The van der Waals surface area contributed by atoms with Crippen LogP contribution >= 0.6 is 0 Å². The summed E-state index contributed by atoms with van der Waals surface area (Å²) in [5.41, 5.74) is 6.52. The van der Waals surface area contributed by atoms with Gasteiger partial charge in [-0.05, 0) is 19.1 Å². The number of nitrogens with one attached hydrogen (secondary N) is 1. The zero-order valence-corrected chi connectivity index (χ0v) is 9.64. The normalized spacial score (nSPS) is 13.2. The number of hydrogen-bond acceptors (Lipinski definition) is 3. The fourth-order valence-electron chi connectivity index (χ4n) is 1.46. The van der Waals surface area contributed by atoms with Crippen molar-refractivity contribution >= 4 is 11.4 Å². The number of hydrogen-bond donors (Lipinski definition) is 2. The van der Waals surface area contributed by atoms with Crippen LogP contribution in [-0.2, 0) is 0 Å². The summed E-state index contributed by atoms with van der Waals surface area (Å²) in [6.45, 7) is 1.46. The van der Waals surface area contributed by atoms with Gasteiger partial charge >= 0.3 is 6.18 Å². The lowest BCUT2D eigenvalue weighted by Crippen LogP contribution is -2.24. The molecule has 1 aromatic carbocycles. The van der Waals surface area contributed by atoms with E-state index in [9.17, 15) is 13.2 Å². The summed E-state index contributed by atoms with van der Waals surface area (Å²) < 4.78 is 41.4. The van der Waals surface area contributed by atoms with Gasteiger partial charge in [0.25, 0.3) is 0 Å². The average molecular weight is 248 g/mol. The Morgan fingerprint density at radius 1 is 1.41 bits per heavy atom. The van der Waals surface area contributed by atoms with Crippen molar-refractivity contribution in [2.24, 2.45) is 0 Å². The highest BCUT2D eigenvalue weighted by Crippen LogP contribution is 2.27. The number of benzene rings is 1. The number of anilines is 2. The highest BCUT2D eigenvalue weighted by atomic mass is 19.4. The first-order valence-electron chi connectivity index (χ1n) is 5.08. The van der Waals surface area contributed by atoms with E-state index in [0.29, 0.717) is 17.1 Å². The van der Waals surface area contributed by atoms with Crippen molar-refractivity contribution in [3.05, 3.63) is 18.2 Å². The lowest BCUT2D eigenvalue weighted by atomic mass is 10.2. The average Bonchev–Trinajstić information content (AvgIpc) is 2.18. The van der Waals surface area contributed by atoms with E-state index in [1.807, 2.05) is 0 Å². The summed E-state index contributed by atoms with van der Waals surface area (Å²) in [4.78, 5) is 0. The maximum absolute atomic E-state index is 12.1. The molecule has 6 heteroatoms. The summed E-state index contributed by atoms with van der Waals surface area (Å²) >= 11 is 0. The van der Waals surface area contributed by atoms with E-state index >= 15 is 0 Å². The number of nitrogen functional groups attached to an aromatic ring is 1. The Labute approximate surface area is 97.8 Å². The Bertz CT molecular complexity index is 379. The van der Waals surface area contributed by atoms with Gasteiger partial charge < -0.3 is 15.8 Å². The minimum Gasteiger partial charge on any atom is -0.497 e. The monoisotopic (exact) mass is 248 g/mol. The van der Waals surface area contributed by atoms with Crippen molar-refractivity contribution in [3.8, 4) is 5.75 Å². The molecule has 0 heterocycles. The maximum atomic E-state index is 12.1. The van der Waals surface area contributed by atoms with E-state index in [2.05, 4.69) is 5.32 Å². The van der Waals surface area contributed by atoms with Crippen LogP contribution in [0.1, 0.15) is 13.3 Å². The zero-order valence-electron chi connectivity index (χ0n) is 9.64. The quantitative estimate of drug-likeness (QED) is 0.805. The van der Waals surface area contributed by atoms with Crippen molar-refractivity contribution in [3.63, 3.8) is 0 Å². The molecule has 0 aliphatic carbocycles. The number of methoxy groups -OCH3 is 1. The molecular formula is C11H15F3N2O. The molecule has 96 valence electrons. The lowest BCUT2D eigenvalue weighted by Gasteiger charge is -2.18. The van der Waals surface area contributed by atoms with Crippen molar-refractivity contribution in [1.82, 2.24) is 0 Å². The van der Waals surface area contributed by atoms with E-state index in [1.165, 1.54) is 14.0 Å². The topological polar surface area (TPSA) is 47.3 Å². The molecule has 3 N–H and O–H groups in total. The van der Waals surface area contributed by atoms with Gasteiger partial charge in [-0.25, -0.2) is 0 Å². The van der Waals surface area contributed by atoms with Crippen LogP contribution in [0.5, 0.6) is 5.75 Å². The van der Waals surface area contributed by atoms with Gasteiger partial charge in [-0.1, -0.05) is 0 Å². The number of halogens is 3. The fourth-order valence-corrected chi connectivity index (χ4v) is 1.46. The molecule has 0 saturated heterocycles. The van der Waals surface area contributed by atoms with Crippen LogP contribution in [-0.4, -0.2) is 19.3 Å². The SMILES string of the molecule is COc1ccc(NC(C)CC(F)(F)F)c(N)c1. The molecule has 0 spiro atoms. The molecule has 1 aromatic rings. The maximum Gasteiger partial charge on any atom is 0.391 e. The highest BCUT2D eigenvalue weighted by molar-refractivity contribution is 5.68. The summed E-state index contributed by atoms with van der Waals surface area (Å²) in [6.07, 6.45) is -5.09. The Morgan fingerprint density at radius 2 is 2.06 bits per heavy atom. The predicted octanol–water partition coefficient (Wildman–Crippen LogP) is 3.03. The number of nitrogens with two attached hydrogens (primary N) is 1. The van der Waals surface area contributed by atoms with Gasteiger partial charge in [0.05, 0.1) is 24.9 Å². The molecule has 0 aliphatic heterocycles. The largest absolute Gasteiger partial charge is 0.497 e. The number of ether oxygens (including phenoxy) is 1. The van der Waals surface area contributed by atoms with Crippen molar-refractivity contribution in [1.29, 1.82) is 0 Å². The molecule has 0 aromatic heterocycles. The molecule has 0 amide bonds. The molecule has 0 radical (unpaired) electrons. The van der Waals surface area contributed by atoms with E-state index in [4.69, 9.17) is 10.5 Å². The van der Waals surface area contributed by atoms with Gasteiger partial charge in [0.15, 0.2) is 0 Å². The molecule has 0 fully saturated rings. The summed E-state index contributed by atoms with van der Waals surface area (Å²) in [6, 6.07) is 4.06. The van der Waals surface area contributed by atoms with Gasteiger partial charge in [0.2, 0.25) is 0 Å². The second-order valence-corrected chi connectivity index (χ2v) is 3.82. The third kappa shape index (κ3) is 4.42. The predicted molar refractivity (Wildman–Crippen MR) is 61.2 cm³/mol. The number of alkyl halides is 3.